The number of fused-ring (bicyclic) bond motifs is 16. The van der Waals surface area contributed by atoms with E-state index in [2.05, 4.69) is 31.6 Å². The first-order chi connectivity index (χ1) is 35.9. The van der Waals surface area contributed by atoms with Gasteiger partial charge in [0.1, 0.15) is 41.7 Å². The topological polar surface area (TPSA) is 225 Å². The Kier molecular flexibility index (Phi) is 17.2. The molecule has 2 aliphatic heterocycles. The van der Waals surface area contributed by atoms with Crippen molar-refractivity contribution in [1.82, 2.24) is 31.6 Å². The van der Waals surface area contributed by atoms with Crippen LogP contribution in [0.1, 0.15) is 34.2 Å². The third kappa shape index (κ3) is 14.5. The summed E-state index contributed by atoms with van der Waals surface area (Å²) < 4.78 is 5.86. The van der Waals surface area contributed by atoms with Crippen LogP contribution in [0.15, 0.2) is 182 Å². The number of phenols is 1. The molecule has 0 radical (unpaired) electrons. The molecule has 1 aromatic heterocycles. The number of hydrogen-bond donors (Lipinski definition) is 7. The normalized spacial score (nSPS) is 17.9. The Morgan fingerprint density at radius 2 is 1.08 bits per heavy atom. The van der Waals surface area contributed by atoms with Gasteiger partial charge in [-0.2, -0.15) is 0 Å². The van der Waals surface area contributed by atoms with Gasteiger partial charge in [0.25, 0.3) is 5.91 Å². The number of aromatic nitrogens is 1. The van der Waals surface area contributed by atoms with Gasteiger partial charge >= 0.3 is 5.97 Å². The second-order valence-electron chi connectivity index (χ2n) is 18.1. The summed E-state index contributed by atoms with van der Waals surface area (Å²) in [5.41, 5.74) is 7.16. The molecule has 15 heteroatoms. The molecule has 5 amide bonds. The van der Waals surface area contributed by atoms with Gasteiger partial charge in [0.05, 0.1) is 0 Å². The van der Waals surface area contributed by atoms with Crippen LogP contribution in [0.25, 0.3) is 22.3 Å². The van der Waals surface area contributed by atoms with Crippen molar-refractivity contribution in [2.45, 2.75) is 68.7 Å². The molecule has 5 atom stereocenters. The van der Waals surface area contributed by atoms with Gasteiger partial charge < -0.3 is 41.5 Å². The Hall–Kier alpha value is -9.11. The third-order valence-corrected chi connectivity index (χ3v) is 12.7. The molecule has 15 nitrogen and oxygen atoms in total. The molecular formula is C59H56N6O9. The number of phenolic OH excluding ortho intramolecular Hbond substituents is 1. The SMILES string of the molecule is O=C1COc2ccc(cc2)C[C@@H](C(=O)N[C@H](Cc2ccc(O)cc2)C(=O)O)NC(=O)[C@H](CCc2ccccc2)NC(=O)[C@@H](Cc2ccc(-c3ccccc3)cc2)NC(=O)[C@H](Cc2ccc(-c3ccncc3)cc2)N1. The van der Waals surface area contributed by atoms with Crippen molar-refractivity contribution < 1.29 is 43.7 Å². The molecule has 0 fully saturated rings. The standard InChI is InChI=1S/C59H56N6O9/c66-47-24-15-41(16-25-47)36-53(59(72)73)65-58(71)52-35-42-17-26-48(27-18-42)74-37-54(67)61-50(33-39-13-22-45(23-14-39)46-29-31-60-32-30-46)56(69)64-51(34-40-11-20-44(21-12-40)43-9-5-2-6-10-43)57(70)62-49(55(68)63-52)28-19-38-7-3-1-4-8-38/h1-18,20-27,29-32,49-53,66H,19,28,33-37H2,(H,61,67)(H,62,70)(H,63,68)(H,64,69)(H,65,71)(H,72,73)/t49-,50-,51+,52-,53+/m0/s1. The summed E-state index contributed by atoms with van der Waals surface area (Å²) in [7, 11) is 0. The predicted molar refractivity (Wildman–Crippen MR) is 278 cm³/mol. The van der Waals surface area contributed by atoms with Gasteiger partial charge in [0.15, 0.2) is 6.61 Å². The highest BCUT2D eigenvalue weighted by molar-refractivity contribution is 5.96. The molecule has 0 unspecified atom stereocenters. The smallest absolute Gasteiger partial charge is 0.326 e. The van der Waals surface area contributed by atoms with Crippen LogP contribution in [-0.4, -0.2) is 87.5 Å². The number of carbonyl (C=O) groups is 6. The number of amides is 5. The van der Waals surface area contributed by atoms with Crippen LogP contribution in [0.3, 0.4) is 0 Å². The van der Waals surface area contributed by atoms with E-state index in [1.54, 1.807) is 48.8 Å². The molecule has 376 valence electrons. The molecule has 9 rings (SSSR count). The van der Waals surface area contributed by atoms with Gasteiger partial charge in [-0.15, -0.1) is 0 Å². The highest BCUT2D eigenvalue weighted by atomic mass is 16.5. The van der Waals surface area contributed by atoms with Crippen molar-refractivity contribution in [1.29, 1.82) is 0 Å². The summed E-state index contributed by atoms with van der Waals surface area (Å²) >= 11 is 0. The Bertz CT molecular complexity index is 3010. The fourth-order valence-corrected chi connectivity index (χ4v) is 8.66. The minimum absolute atomic E-state index is 0.0105. The summed E-state index contributed by atoms with van der Waals surface area (Å²) in [6, 6.07) is 43.8. The number of benzene rings is 6. The number of aliphatic carboxylic acids is 1. The Morgan fingerprint density at radius 3 is 1.68 bits per heavy atom. The van der Waals surface area contributed by atoms with E-state index >= 15 is 0 Å². The average molecular weight is 993 g/mol. The van der Waals surface area contributed by atoms with Crippen molar-refractivity contribution >= 4 is 35.5 Å². The second kappa shape index (κ2) is 24.8. The molecule has 7 N–H and O–H groups in total. The lowest BCUT2D eigenvalue weighted by Gasteiger charge is -2.27. The number of hydrogen-bond acceptors (Lipinski definition) is 9. The van der Waals surface area contributed by atoms with Crippen molar-refractivity contribution in [2.75, 3.05) is 6.61 Å². The number of rotatable bonds is 14. The highest BCUT2D eigenvalue weighted by Crippen LogP contribution is 2.22. The summed E-state index contributed by atoms with van der Waals surface area (Å²) in [6.45, 7) is -0.469. The zero-order valence-electron chi connectivity index (χ0n) is 40.4. The molecule has 0 spiro atoms. The lowest BCUT2D eigenvalue weighted by atomic mass is 9.98. The van der Waals surface area contributed by atoms with Crippen LogP contribution in [0.4, 0.5) is 0 Å². The van der Waals surface area contributed by atoms with Crippen LogP contribution in [0, 0.1) is 0 Å². The monoisotopic (exact) mass is 992 g/mol. The molecule has 7 aromatic rings. The number of aryl methyl sites for hydroxylation is 1. The molecule has 6 aromatic carbocycles. The Morgan fingerprint density at radius 1 is 0.568 bits per heavy atom. The number of pyridine rings is 1. The summed E-state index contributed by atoms with van der Waals surface area (Å²) in [4.78, 5) is 89.0. The highest BCUT2D eigenvalue weighted by Gasteiger charge is 2.33. The minimum Gasteiger partial charge on any atom is -0.508 e. The maximum absolute atomic E-state index is 14.9. The minimum atomic E-state index is -1.42. The van der Waals surface area contributed by atoms with Gasteiger partial charge in [0, 0.05) is 38.1 Å². The maximum atomic E-state index is 14.9. The largest absolute Gasteiger partial charge is 0.508 e. The molecule has 3 heterocycles. The molecule has 0 aliphatic carbocycles. The van der Waals surface area contributed by atoms with Crippen LogP contribution in [0.5, 0.6) is 11.5 Å². The van der Waals surface area contributed by atoms with E-state index in [1.807, 2.05) is 121 Å². The van der Waals surface area contributed by atoms with Gasteiger partial charge in [-0.25, -0.2) is 4.79 Å². The summed E-state index contributed by atoms with van der Waals surface area (Å²) in [5, 5.41) is 34.1. The first kappa shape index (κ1) is 51.3. The van der Waals surface area contributed by atoms with Crippen LogP contribution < -0.4 is 31.3 Å². The van der Waals surface area contributed by atoms with Gasteiger partial charge in [0.2, 0.25) is 23.6 Å². The van der Waals surface area contributed by atoms with Gasteiger partial charge in [-0.05, 0) is 99.3 Å². The van der Waals surface area contributed by atoms with Crippen LogP contribution in [0.2, 0.25) is 0 Å². The lowest BCUT2D eigenvalue weighted by molar-refractivity contribution is -0.142. The summed E-state index contributed by atoms with van der Waals surface area (Å²) in [5.74, 6) is -4.54. The molecular weight excluding hydrogens is 937 g/mol. The predicted octanol–water partition coefficient (Wildman–Crippen LogP) is 5.93. The van der Waals surface area contributed by atoms with Crippen LogP contribution >= 0.6 is 0 Å². The number of carbonyl (C=O) groups excluding carboxylic acids is 5. The van der Waals surface area contributed by atoms with Crippen molar-refractivity contribution in [3.63, 3.8) is 0 Å². The van der Waals surface area contributed by atoms with Gasteiger partial charge in [-0.3, -0.25) is 29.0 Å². The molecule has 0 saturated carbocycles. The van der Waals surface area contributed by atoms with E-state index < -0.39 is 72.3 Å². The fraction of sp³-hybridized carbons (Fsp3) is 0.203. The van der Waals surface area contributed by atoms with E-state index in [0.29, 0.717) is 28.9 Å². The molecule has 0 saturated heterocycles. The first-order valence-electron chi connectivity index (χ1n) is 24.3. The fourth-order valence-electron chi connectivity index (χ4n) is 8.66. The molecule has 74 heavy (non-hydrogen) atoms. The first-order valence-corrected chi connectivity index (χ1v) is 24.3. The lowest BCUT2D eigenvalue weighted by Crippen LogP contribution is -2.60. The number of nitrogens with one attached hydrogen (secondary N) is 5. The van der Waals surface area contributed by atoms with Gasteiger partial charge in [-0.1, -0.05) is 133 Å². The zero-order valence-corrected chi connectivity index (χ0v) is 40.4. The Labute approximate surface area is 428 Å². The van der Waals surface area contributed by atoms with E-state index in [1.165, 1.54) is 12.1 Å². The zero-order chi connectivity index (χ0) is 51.8. The van der Waals surface area contributed by atoms with Crippen LogP contribution in [-0.2, 0) is 60.9 Å². The number of aromatic hydroxyl groups is 1. The van der Waals surface area contributed by atoms with E-state index in [4.69, 9.17) is 4.74 Å². The molecule has 2 bridgehead atoms. The van der Waals surface area contributed by atoms with E-state index in [0.717, 1.165) is 33.4 Å². The Balaban J connectivity index is 1.12. The number of ether oxygens (including phenoxy) is 1. The van der Waals surface area contributed by atoms with E-state index in [9.17, 15) is 39.0 Å². The van der Waals surface area contributed by atoms with Crippen molar-refractivity contribution in [3.05, 3.63) is 210 Å². The van der Waals surface area contributed by atoms with E-state index in [-0.39, 0.29) is 37.9 Å². The maximum Gasteiger partial charge on any atom is 0.326 e. The van der Waals surface area contributed by atoms with Crippen molar-refractivity contribution in [3.8, 4) is 33.8 Å². The number of carboxylic acid groups (broad SMARTS) is 1. The average Bonchev–Trinajstić information content (AvgIpc) is 3.42. The number of carboxylic acids is 1. The quantitative estimate of drug-likeness (QED) is 0.0637. The van der Waals surface area contributed by atoms with Crippen molar-refractivity contribution in [2.24, 2.45) is 0 Å². The number of nitrogens with zero attached hydrogens (tertiary/aromatic N) is 1. The second-order valence-corrected chi connectivity index (χ2v) is 18.1. The summed E-state index contributed by atoms with van der Waals surface area (Å²) in [6.07, 6.45) is 3.60. The molecule has 2 aliphatic rings. The third-order valence-electron chi connectivity index (χ3n) is 12.7.